The summed E-state index contributed by atoms with van der Waals surface area (Å²) < 4.78 is 10.9. The zero-order valence-electron chi connectivity index (χ0n) is 16.4. The number of aliphatic hydroxyl groups is 1. The fourth-order valence-electron chi connectivity index (χ4n) is 3.55. The van der Waals surface area contributed by atoms with Crippen LogP contribution in [0, 0.1) is 0 Å². The summed E-state index contributed by atoms with van der Waals surface area (Å²) in [4.78, 5) is 37.8. The number of hydrogen-bond donors (Lipinski definition) is 3. The van der Waals surface area contributed by atoms with Crippen LogP contribution in [0.15, 0.2) is 18.2 Å². The molecule has 1 aliphatic heterocycles. The molecule has 0 radical (unpaired) electrons. The summed E-state index contributed by atoms with van der Waals surface area (Å²) >= 11 is 0. The summed E-state index contributed by atoms with van der Waals surface area (Å²) in [5.74, 6) is -0.514. The van der Waals surface area contributed by atoms with E-state index in [0.717, 1.165) is 10.5 Å². The van der Waals surface area contributed by atoms with E-state index in [1.807, 2.05) is 0 Å². The number of fused-ring (bicyclic) bond motifs is 2. The SMILES string of the molecule is CNC(=O)Nc1ccc2c(c1)CC[C@@]21OC(=O)N(CC(O)OC(C)(C)C)C1=O. The number of imide groups is 1. The predicted molar refractivity (Wildman–Crippen MR) is 99.6 cm³/mol. The Morgan fingerprint density at radius 2 is 2.11 bits per heavy atom. The van der Waals surface area contributed by atoms with Crippen LogP contribution in [0.4, 0.5) is 15.3 Å². The van der Waals surface area contributed by atoms with E-state index in [-0.39, 0.29) is 12.6 Å². The summed E-state index contributed by atoms with van der Waals surface area (Å²) in [7, 11) is 1.51. The topological polar surface area (TPSA) is 117 Å². The summed E-state index contributed by atoms with van der Waals surface area (Å²) in [6.45, 7) is 4.99. The van der Waals surface area contributed by atoms with Gasteiger partial charge in [0.1, 0.15) is 0 Å². The number of urea groups is 1. The molecule has 9 nitrogen and oxygen atoms in total. The molecule has 1 aromatic rings. The number of amides is 4. The molecule has 1 saturated heterocycles. The maximum absolute atomic E-state index is 13.0. The lowest BCUT2D eigenvalue weighted by atomic mass is 9.94. The fraction of sp³-hybridized carbons (Fsp3) is 0.526. The molecule has 1 spiro atoms. The first kappa shape index (κ1) is 20.1. The molecule has 3 N–H and O–H groups in total. The third-order valence-corrected chi connectivity index (χ3v) is 4.67. The lowest BCUT2D eigenvalue weighted by Crippen LogP contribution is -2.43. The van der Waals surface area contributed by atoms with Gasteiger partial charge in [0, 0.05) is 24.7 Å². The molecule has 3 rings (SSSR count). The first-order valence-corrected chi connectivity index (χ1v) is 9.09. The van der Waals surface area contributed by atoms with E-state index >= 15 is 0 Å². The summed E-state index contributed by atoms with van der Waals surface area (Å²) in [5, 5.41) is 15.2. The molecule has 4 amide bonds. The van der Waals surface area contributed by atoms with Crippen molar-refractivity contribution in [3.8, 4) is 0 Å². The highest BCUT2D eigenvalue weighted by Gasteiger charge is 2.58. The highest BCUT2D eigenvalue weighted by molar-refractivity contribution is 6.04. The molecule has 2 atom stereocenters. The van der Waals surface area contributed by atoms with E-state index in [1.165, 1.54) is 7.05 Å². The molecule has 9 heteroatoms. The summed E-state index contributed by atoms with van der Waals surface area (Å²) in [6, 6.07) is 4.75. The van der Waals surface area contributed by atoms with Crippen molar-refractivity contribution in [1.82, 2.24) is 10.2 Å². The lowest BCUT2D eigenvalue weighted by Gasteiger charge is -2.26. The van der Waals surface area contributed by atoms with Crippen molar-refractivity contribution in [2.45, 2.75) is 51.1 Å². The van der Waals surface area contributed by atoms with Gasteiger partial charge in [-0.25, -0.2) is 14.5 Å². The molecule has 1 heterocycles. The molecule has 1 unspecified atom stereocenters. The minimum absolute atomic E-state index is 0.303. The van der Waals surface area contributed by atoms with Crippen LogP contribution >= 0.6 is 0 Å². The molecule has 28 heavy (non-hydrogen) atoms. The average molecular weight is 391 g/mol. The number of ether oxygens (including phenoxy) is 2. The Kier molecular flexibility index (Phi) is 5.07. The first-order valence-electron chi connectivity index (χ1n) is 9.09. The maximum atomic E-state index is 13.0. The minimum Gasteiger partial charge on any atom is -0.427 e. The Morgan fingerprint density at radius 3 is 2.75 bits per heavy atom. The van der Waals surface area contributed by atoms with Gasteiger partial charge in [0.05, 0.1) is 12.1 Å². The number of nitrogens with one attached hydrogen (secondary N) is 2. The Balaban J connectivity index is 1.81. The zero-order chi connectivity index (χ0) is 20.7. The van der Waals surface area contributed by atoms with E-state index in [0.29, 0.717) is 24.1 Å². The number of rotatable bonds is 4. The average Bonchev–Trinajstić information content (AvgIpc) is 3.06. The van der Waals surface area contributed by atoms with E-state index in [2.05, 4.69) is 10.6 Å². The van der Waals surface area contributed by atoms with Crippen molar-refractivity contribution >= 4 is 23.7 Å². The Hall–Kier alpha value is -2.65. The van der Waals surface area contributed by atoms with Crippen molar-refractivity contribution in [2.75, 3.05) is 18.9 Å². The van der Waals surface area contributed by atoms with E-state index in [4.69, 9.17) is 9.47 Å². The number of anilines is 1. The van der Waals surface area contributed by atoms with Crippen LogP contribution in [0.25, 0.3) is 0 Å². The Labute approximate surface area is 163 Å². The smallest absolute Gasteiger partial charge is 0.418 e. The summed E-state index contributed by atoms with van der Waals surface area (Å²) in [6.07, 6.45) is -1.29. The van der Waals surface area contributed by atoms with Gasteiger partial charge in [0.2, 0.25) is 5.60 Å². The second-order valence-electron chi connectivity index (χ2n) is 7.87. The van der Waals surface area contributed by atoms with Gasteiger partial charge < -0.3 is 25.2 Å². The van der Waals surface area contributed by atoms with Gasteiger partial charge in [-0.15, -0.1) is 0 Å². The fourth-order valence-corrected chi connectivity index (χ4v) is 3.55. The van der Waals surface area contributed by atoms with E-state index in [1.54, 1.807) is 39.0 Å². The minimum atomic E-state index is -1.39. The Morgan fingerprint density at radius 1 is 1.39 bits per heavy atom. The van der Waals surface area contributed by atoms with Crippen LogP contribution < -0.4 is 10.6 Å². The molecule has 152 valence electrons. The van der Waals surface area contributed by atoms with Crippen molar-refractivity contribution in [3.63, 3.8) is 0 Å². The molecular weight excluding hydrogens is 366 g/mol. The highest BCUT2D eigenvalue weighted by atomic mass is 16.6. The lowest BCUT2D eigenvalue weighted by molar-refractivity contribution is -0.174. The van der Waals surface area contributed by atoms with E-state index in [9.17, 15) is 19.5 Å². The molecule has 2 aliphatic rings. The van der Waals surface area contributed by atoms with Gasteiger partial charge in [-0.05, 0) is 44.9 Å². The van der Waals surface area contributed by atoms with Crippen LogP contribution in [0.5, 0.6) is 0 Å². The molecule has 1 aromatic carbocycles. The molecule has 0 bridgehead atoms. The standard InChI is InChI=1S/C19H25N3O6/c1-18(2,3)27-14(23)10-22-15(24)19(28-17(22)26)8-7-11-9-12(5-6-13(11)19)21-16(25)20-4/h5-6,9,14,23H,7-8,10H2,1-4H3,(H2,20,21,25)/t14?,19-/m1/s1. The number of hydrogen-bond acceptors (Lipinski definition) is 6. The number of aryl methyl sites for hydroxylation is 1. The molecular formula is C19H25N3O6. The predicted octanol–water partition coefficient (Wildman–Crippen LogP) is 1.69. The molecule has 0 saturated carbocycles. The number of carbonyl (C=O) groups excluding carboxylic acids is 3. The van der Waals surface area contributed by atoms with Crippen molar-refractivity contribution < 1.29 is 29.0 Å². The van der Waals surface area contributed by atoms with Gasteiger partial charge >= 0.3 is 12.1 Å². The third kappa shape index (κ3) is 3.67. The number of β-amino-alcohol motifs (C(OH)–C–C–N with tert-alkyl or cyclic N) is 1. The Bertz CT molecular complexity index is 818. The second kappa shape index (κ2) is 7.06. The second-order valence-corrected chi connectivity index (χ2v) is 7.87. The van der Waals surface area contributed by atoms with Crippen LogP contribution in [-0.4, -0.2) is 53.5 Å². The maximum Gasteiger partial charge on any atom is 0.418 e. The van der Waals surface area contributed by atoms with Crippen LogP contribution in [0.3, 0.4) is 0 Å². The quantitative estimate of drug-likeness (QED) is 0.673. The zero-order valence-corrected chi connectivity index (χ0v) is 16.4. The molecule has 1 aliphatic carbocycles. The van der Waals surface area contributed by atoms with Crippen LogP contribution in [0.2, 0.25) is 0 Å². The highest BCUT2D eigenvalue weighted by Crippen LogP contribution is 2.46. The van der Waals surface area contributed by atoms with Gasteiger partial charge in [0.25, 0.3) is 5.91 Å². The first-order chi connectivity index (χ1) is 13.1. The third-order valence-electron chi connectivity index (χ3n) is 4.67. The number of carbonyl (C=O) groups is 3. The molecule has 0 aromatic heterocycles. The normalized spacial score (nSPS) is 22.2. The van der Waals surface area contributed by atoms with Crippen molar-refractivity contribution in [3.05, 3.63) is 29.3 Å². The largest absolute Gasteiger partial charge is 0.427 e. The number of nitrogens with zero attached hydrogens (tertiary/aromatic N) is 1. The van der Waals surface area contributed by atoms with Gasteiger partial charge in [-0.1, -0.05) is 6.07 Å². The monoisotopic (exact) mass is 391 g/mol. The number of benzene rings is 1. The van der Waals surface area contributed by atoms with Crippen molar-refractivity contribution in [2.24, 2.45) is 0 Å². The number of aliphatic hydroxyl groups excluding tert-OH is 1. The summed E-state index contributed by atoms with van der Waals surface area (Å²) in [5.41, 5.74) is -0.0136. The van der Waals surface area contributed by atoms with Crippen LogP contribution in [0.1, 0.15) is 38.3 Å². The van der Waals surface area contributed by atoms with Crippen molar-refractivity contribution in [1.29, 1.82) is 0 Å². The van der Waals surface area contributed by atoms with Gasteiger partial charge in [0.15, 0.2) is 6.29 Å². The van der Waals surface area contributed by atoms with Gasteiger partial charge in [-0.3, -0.25) is 4.79 Å². The molecule has 1 fully saturated rings. The van der Waals surface area contributed by atoms with Gasteiger partial charge in [-0.2, -0.15) is 0 Å². The van der Waals surface area contributed by atoms with E-state index < -0.39 is 29.5 Å². The van der Waals surface area contributed by atoms with Crippen LogP contribution in [-0.2, 0) is 26.3 Å².